The van der Waals surface area contributed by atoms with E-state index in [2.05, 4.69) is 0 Å². The van der Waals surface area contributed by atoms with E-state index < -0.39 is 6.04 Å². The highest BCUT2D eigenvalue weighted by molar-refractivity contribution is 6.36. The zero-order valence-electron chi connectivity index (χ0n) is 19.5. The van der Waals surface area contributed by atoms with Gasteiger partial charge in [0.2, 0.25) is 0 Å². The molecular formula is C27H24Cl3N3O2. The van der Waals surface area contributed by atoms with Gasteiger partial charge in [0.05, 0.1) is 33.2 Å². The Morgan fingerprint density at radius 2 is 1.60 bits per heavy atom. The molecule has 0 aliphatic rings. The van der Waals surface area contributed by atoms with Gasteiger partial charge < -0.3 is 4.90 Å². The Bertz CT molecular complexity index is 1450. The largest absolute Gasteiger partial charge is 0.328 e. The second-order valence-corrected chi connectivity index (χ2v) is 10.0. The zero-order chi connectivity index (χ0) is 25.3. The molecule has 1 unspecified atom stereocenters. The molecule has 1 amide bonds. The molecule has 8 heteroatoms. The maximum absolute atomic E-state index is 13.7. The van der Waals surface area contributed by atoms with Crippen LogP contribution in [0.5, 0.6) is 0 Å². The van der Waals surface area contributed by atoms with Crippen LogP contribution >= 0.6 is 34.8 Å². The van der Waals surface area contributed by atoms with Gasteiger partial charge in [0.1, 0.15) is 5.82 Å². The predicted molar refractivity (Wildman–Crippen MR) is 143 cm³/mol. The SMILES string of the molecule is CC(C)CN(C(=O)c1ccc(Cl)cc1Cl)C(C)c1nc2ccccc2c(=O)n1-c1ccc(Cl)cc1. The zero-order valence-corrected chi connectivity index (χ0v) is 21.8. The summed E-state index contributed by atoms with van der Waals surface area (Å²) < 4.78 is 1.55. The molecule has 0 spiro atoms. The van der Waals surface area contributed by atoms with Crippen LogP contribution < -0.4 is 5.56 Å². The van der Waals surface area contributed by atoms with Crippen molar-refractivity contribution in [3.63, 3.8) is 0 Å². The lowest BCUT2D eigenvalue weighted by molar-refractivity contribution is 0.0655. The van der Waals surface area contributed by atoms with Gasteiger partial charge in [-0.15, -0.1) is 0 Å². The fourth-order valence-corrected chi connectivity index (χ4v) is 4.65. The van der Waals surface area contributed by atoms with Crippen molar-refractivity contribution in [3.8, 4) is 5.69 Å². The molecule has 0 aliphatic carbocycles. The third-order valence-electron chi connectivity index (χ3n) is 5.71. The van der Waals surface area contributed by atoms with Crippen molar-refractivity contribution >= 4 is 51.6 Å². The lowest BCUT2D eigenvalue weighted by Gasteiger charge is -2.32. The topological polar surface area (TPSA) is 55.2 Å². The number of carbonyl (C=O) groups excluding carboxylic acids is 1. The monoisotopic (exact) mass is 527 g/mol. The fourth-order valence-electron chi connectivity index (χ4n) is 4.04. The molecular weight excluding hydrogens is 505 g/mol. The molecule has 1 atom stereocenters. The van der Waals surface area contributed by atoms with E-state index in [9.17, 15) is 9.59 Å². The van der Waals surface area contributed by atoms with Crippen LogP contribution in [0.4, 0.5) is 0 Å². The quantitative estimate of drug-likeness (QED) is 0.266. The van der Waals surface area contributed by atoms with Gasteiger partial charge in [-0.3, -0.25) is 14.2 Å². The first-order valence-corrected chi connectivity index (χ1v) is 12.3. The van der Waals surface area contributed by atoms with E-state index >= 15 is 0 Å². The van der Waals surface area contributed by atoms with E-state index in [0.29, 0.717) is 44.6 Å². The number of amides is 1. The van der Waals surface area contributed by atoms with E-state index in [1.807, 2.05) is 26.8 Å². The van der Waals surface area contributed by atoms with Crippen LogP contribution in [0.2, 0.25) is 15.1 Å². The van der Waals surface area contributed by atoms with Crippen LogP contribution in [-0.2, 0) is 0 Å². The molecule has 4 aromatic rings. The van der Waals surface area contributed by atoms with Gasteiger partial charge in [-0.1, -0.05) is 60.8 Å². The third kappa shape index (κ3) is 5.22. The molecule has 5 nitrogen and oxygen atoms in total. The van der Waals surface area contributed by atoms with Crippen LogP contribution in [-0.4, -0.2) is 26.9 Å². The third-order valence-corrected chi connectivity index (χ3v) is 6.51. The minimum atomic E-state index is -0.551. The summed E-state index contributed by atoms with van der Waals surface area (Å²) in [5.41, 5.74) is 1.29. The molecule has 0 aliphatic heterocycles. The van der Waals surface area contributed by atoms with Crippen LogP contribution in [0, 0.1) is 5.92 Å². The summed E-state index contributed by atoms with van der Waals surface area (Å²) in [6.45, 7) is 6.35. The van der Waals surface area contributed by atoms with E-state index in [4.69, 9.17) is 39.8 Å². The Labute approximate surface area is 218 Å². The minimum Gasteiger partial charge on any atom is -0.328 e. The number of fused-ring (bicyclic) bond motifs is 1. The smallest absolute Gasteiger partial charge is 0.266 e. The van der Waals surface area contributed by atoms with Gasteiger partial charge in [0.15, 0.2) is 0 Å². The first-order valence-electron chi connectivity index (χ1n) is 11.2. The second-order valence-electron chi connectivity index (χ2n) is 8.76. The maximum Gasteiger partial charge on any atom is 0.266 e. The van der Waals surface area contributed by atoms with Crippen molar-refractivity contribution in [1.29, 1.82) is 0 Å². The van der Waals surface area contributed by atoms with Crippen LogP contribution in [0.25, 0.3) is 16.6 Å². The molecule has 0 N–H and O–H groups in total. The maximum atomic E-state index is 13.7. The van der Waals surface area contributed by atoms with Gasteiger partial charge >= 0.3 is 0 Å². The van der Waals surface area contributed by atoms with Crippen molar-refractivity contribution in [2.75, 3.05) is 6.54 Å². The number of hydrogen-bond donors (Lipinski definition) is 0. The molecule has 4 rings (SSSR count). The predicted octanol–water partition coefficient (Wildman–Crippen LogP) is 7.21. The number of hydrogen-bond acceptors (Lipinski definition) is 3. The summed E-state index contributed by atoms with van der Waals surface area (Å²) >= 11 is 18.5. The number of nitrogens with zero attached hydrogens (tertiary/aromatic N) is 3. The minimum absolute atomic E-state index is 0.156. The van der Waals surface area contributed by atoms with Gasteiger partial charge in [-0.25, -0.2) is 4.98 Å². The van der Waals surface area contributed by atoms with Crippen molar-refractivity contribution in [1.82, 2.24) is 14.5 Å². The Morgan fingerprint density at radius 3 is 2.26 bits per heavy atom. The van der Waals surface area contributed by atoms with Crippen LogP contribution in [0.3, 0.4) is 0 Å². The molecule has 0 saturated heterocycles. The number of benzene rings is 3. The van der Waals surface area contributed by atoms with Crippen LogP contribution in [0.1, 0.15) is 43.0 Å². The summed E-state index contributed by atoms with van der Waals surface area (Å²) in [6.07, 6.45) is 0. The Balaban J connectivity index is 1.92. The first-order chi connectivity index (χ1) is 16.7. The molecule has 0 saturated carbocycles. The molecule has 0 fully saturated rings. The van der Waals surface area contributed by atoms with E-state index in [-0.39, 0.29) is 22.4 Å². The first kappa shape index (κ1) is 25.2. The van der Waals surface area contributed by atoms with Gasteiger partial charge in [0.25, 0.3) is 11.5 Å². The van der Waals surface area contributed by atoms with E-state index in [0.717, 1.165) is 0 Å². The lowest BCUT2D eigenvalue weighted by Crippen LogP contribution is -2.39. The Morgan fingerprint density at radius 1 is 0.943 bits per heavy atom. The second kappa shape index (κ2) is 10.4. The lowest BCUT2D eigenvalue weighted by atomic mass is 10.1. The van der Waals surface area contributed by atoms with E-state index in [1.54, 1.807) is 70.1 Å². The number of para-hydroxylation sites is 1. The molecule has 1 heterocycles. The fraction of sp³-hybridized carbons (Fsp3) is 0.222. The summed E-state index contributed by atoms with van der Waals surface area (Å²) in [5, 5.41) is 1.76. The van der Waals surface area contributed by atoms with Gasteiger partial charge in [-0.05, 0) is 67.4 Å². The van der Waals surface area contributed by atoms with Crippen molar-refractivity contribution in [2.45, 2.75) is 26.8 Å². The number of rotatable bonds is 6. The highest BCUT2D eigenvalue weighted by Gasteiger charge is 2.29. The molecule has 35 heavy (non-hydrogen) atoms. The Kier molecular flexibility index (Phi) is 7.50. The summed E-state index contributed by atoms with van der Waals surface area (Å²) in [6, 6.07) is 18.4. The van der Waals surface area contributed by atoms with Crippen molar-refractivity contribution < 1.29 is 4.79 Å². The number of halogens is 3. The van der Waals surface area contributed by atoms with Crippen LogP contribution in [0.15, 0.2) is 71.5 Å². The van der Waals surface area contributed by atoms with E-state index in [1.165, 1.54) is 0 Å². The number of carbonyl (C=O) groups is 1. The summed E-state index contributed by atoms with van der Waals surface area (Å²) in [4.78, 5) is 34.0. The Hall–Kier alpha value is -2.86. The number of aromatic nitrogens is 2. The average molecular weight is 529 g/mol. The summed E-state index contributed by atoms with van der Waals surface area (Å²) in [7, 11) is 0. The van der Waals surface area contributed by atoms with Crippen molar-refractivity contribution in [2.24, 2.45) is 5.92 Å². The molecule has 1 aromatic heterocycles. The normalized spacial score (nSPS) is 12.2. The molecule has 0 bridgehead atoms. The highest BCUT2D eigenvalue weighted by atomic mass is 35.5. The summed E-state index contributed by atoms with van der Waals surface area (Å²) in [5.74, 6) is 0.330. The highest BCUT2D eigenvalue weighted by Crippen LogP contribution is 2.29. The molecule has 0 radical (unpaired) electrons. The van der Waals surface area contributed by atoms with Gasteiger partial charge in [0, 0.05) is 16.6 Å². The average Bonchev–Trinajstić information content (AvgIpc) is 2.82. The van der Waals surface area contributed by atoms with Crippen molar-refractivity contribution in [3.05, 3.63) is 104 Å². The molecule has 180 valence electrons. The molecule has 3 aromatic carbocycles. The standard InChI is InChI=1S/C27H24Cl3N3O2/c1-16(2)15-32(26(34)21-13-10-19(29)14-23(21)30)17(3)25-31-24-7-5-4-6-22(24)27(35)33(25)20-11-8-18(28)9-12-20/h4-14,16-17H,15H2,1-3H3. The van der Waals surface area contributed by atoms with Gasteiger partial charge in [-0.2, -0.15) is 0 Å².